The summed E-state index contributed by atoms with van der Waals surface area (Å²) in [5.41, 5.74) is 0. The SMILES string of the molecule is FCCn1nc(Br)nc1Br.FCCn1nc(Br)nc1Oc1cc(F)cc(Cl)c1. The quantitative estimate of drug-likeness (QED) is 0.375. The minimum atomic E-state index is -0.615. The summed E-state index contributed by atoms with van der Waals surface area (Å²) in [6, 6.07) is 3.78. The molecule has 0 aliphatic heterocycles. The topological polar surface area (TPSA) is 70.7 Å². The molecule has 0 N–H and O–H groups in total. The first-order valence-electron chi connectivity index (χ1n) is 7.44. The van der Waals surface area contributed by atoms with E-state index in [1.54, 1.807) is 0 Å². The molecule has 0 saturated carbocycles. The average Bonchev–Trinajstić information content (AvgIpc) is 3.09. The van der Waals surface area contributed by atoms with E-state index in [1.165, 1.54) is 15.4 Å². The lowest BCUT2D eigenvalue weighted by Crippen LogP contribution is -2.04. The largest absolute Gasteiger partial charge is 0.424 e. The standard InChI is InChI=1S/C10H7BrClF2N3O.C4H4Br2FN3/c11-9-15-10(17(16-9)2-1-13)18-8-4-6(12)3-7(14)5-8;5-3-8-4(6)10(9-3)2-1-7/h3-5H,1-2H2;1-2H2. The molecule has 28 heavy (non-hydrogen) atoms. The number of benzene rings is 1. The van der Waals surface area contributed by atoms with E-state index in [9.17, 15) is 13.2 Å². The molecule has 7 nitrogen and oxygen atoms in total. The molecule has 0 spiro atoms. The van der Waals surface area contributed by atoms with E-state index in [-0.39, 0.29) is 34.6 Å². The first-order valence-corrected chi connectivity index (χ1v) is 10.2. The highest BCUT2D eigenvalue weighted by Gasteiger charge is 2.11. The lowest BCUT2D eigenvalue weighted by Gasteiger charge is -2.06. The van der Waals surface area contributed by atoms with Crippen LogP contribution in [0.15, 0.2) is 32.4 Å². The van der Waals surface area contributed by atoms with Crippen LogP contribution < -0.4 is 4.74 Å². The molecular weight excluding hydrogens is 600 g/mol. The van der Waals surface area contributed by atoms with Crippen molar-refractivity contribution in [1.29, 1.82) is 0 Å². The summed E-state index contributed by atoms with van der Waals surface area (Å²) in [7, 11) is 0. The monoisotopic (exact) mass is 608 g/mol. The van der Waals surface area contributed by atoms with Gasteiger partial charge in [-0.15, -0.1) is 10.2 Å². The van der Waals surface area contributed by atoms with Crippen molar-refractivity contribution in [3.05, 3.63) is 43.2 Å². The minimum absolute atomic E-state index is 0.00299. The normalized spacial score (nSPS) is 10.5. The Bertz CT molecular complexity index is 906. The van der Waals surface area contributed by atoms with Crippen LogP contribution in [-0.4, -0.2) is 42.9 Å². The highest BCUT2D eigenvalue weighted by molar-refractivity contribution is 9.11. The van der Waals surface area contributed by atoms with Gasteiger partial charge in [0.25, 0.3) is 0 Å². The van der Waals surface area contributed by atoms with Crippen molar-refractivity contribution in [3.8, 4) is 11.8 Å². The summed E-state index contributed by atoms with van der Waals surface area (Å²) in [5.74, 6) is -0.367. The maximum absolute atomic E-state index is 13.1. The molecule has 1 aromatic carbocycles. The zero-order chi connectivity index (χ0) is 20.7. The summed E-state index contributed by atoms with van der Waals surface area (Å²) < 4.78 is 46.4. The number of nitrogens with zero attached hydrogens (tertiary/aromatic N) is 6. The van der Waals surface area contributed by atoms with Crippen LogP contribution in [0.3, 0.4) is 0 Å². The van der Waals surface area contributed by atoms with E-state index in [0.29, 0.717) is 9.47 Å². The first kappa shape index (κ1) is 23.1. The average molecular weight is 611 g/mol. The summed E-state index contributed by atoms with van der Waals surface area (Å²) in [6.07, 6.45) is 0. The van der Waals surface area contributed by atoms with Gasteiger partial charge in [-0.2, -0.15) is 9.97 Å². The number of alkyl halides is 2. The van der Waals surface area contributed by atoms with Crippen molar-refractivity contribution < 1.29 is 17.9 Å². The second kappa shape index (κ2) is 11.1. The van der Waals surface area contributed by atoms with Crippen molar-refractivity contribution in [2.75, 3.05) is 13.3 Å². The number of aromatic nitrogens is 6. The second-order valence-electron chi connectivity index (χ2n) is 4.84. The van der Waals surface area contributed by atoms with Crippen molar-refractivity contribution >= 4 is 59.4 Å². The lowest BCUT2D eigenvalue weighted by molar-refractivity contribution is 0.362. The maximum Gasteiger partial charge on any atom is 0.321 e. The Balaban J connectivity index is 0.000000237. The third kappa shape index (κ3) is 7.01. The molecule has 0 radical (unpaired) electrons. The van der Waals surface area contributed by atoms with Crippen LogP contribution in [0.2, 0.25) is 5.02 Å². The summed E-state index contributed by atoms with van der Waals surface area (Å²) in [4.78, 5) is 7.75. The Labute approximate surface area is 187 Å². The number of rotatable bonds is 6. The van der Waals surface area contributed by atoms with Crippen LogP contribution in [-0.2, 0) is 13.1 Å². The molecule has 3 aromatic rings. The summed E-state index contributed by atoms with van der Waals surface area (Å²) in [5, 5.41) is 7.90. The molecule has 0 amide bonds. The van der Waals surface area contributed by atoms with Gasteiger partial charge in [-0.1, -0.05) is 11.6 Å². The molecule has 0 atom stereocenters. The first-order chi connectivity index (χ1) is 13.3. The molecule has 0 fully saturated rings. The van der Waals surface area contributed by atoms with Crippen molar-refractivity contribution in [2.24, 2.45) is 0 Å². The van der Waals surface area contributed by atoms with Crippen LogP contribution in [0, 0.1) is 5.82 Å². The highest BCUT2D eigenvalue weighted by atomic mass is 79.9. The fourth-order valence-electron chi connectivity index (χ4n) is 1.81. The molecule has 2 heterocycles. The molecule has 2 aromatic heterocycles. The Hall–Kier alpha value is -1.18. The Morgan fingerprint density at radius 2 is 1.54 bits per heavy atom. The van der Waals surface area contributed by atoms with Gasteiger partial charge in [-0.25, -0.2) is 22.5 Å². The fourth-order valence-corrected chi connectivity index (χ4v) is 3.39. The van der Waals surface area contributed by atoms with E-state index < -0.39 is 19.2 Å². The maximum atomic E-state index is 13.1. The molecule has 0 unspecified atom stereocenters. The van der Waals surface area contributed by atoms with Crippen LogP contribution in [0.5, 0.6) is 11.8 Å². The van der Waals surface area contributed by atoms with Gasteiger partial charge in [0.2, 0.25) is 9.47 Å². The van der Waals surface area contributed by atoms with Crippen molar-refractivity contribution in [2.45, 2.75) is 13.1 Å². The number of ether oxygens (including phenoxy) is 1. The Kier molecular flexibility index (Phi) is 9.18. The van der Waals surface area contributed by atoms with Crippen LogP contribution in [0.4, 0.5) is 13.2 Å². The van der Waals surface area contributed by atoms with Gasteiger partial charge in [0, 0.05) is 11.1 Å². The van der Waals surface area contributed by atoms with Crippen LogP contribution in [0.25, 0.3) is 0 Å². The summed E-state index contributed by atoms with van der Waals surface area (Å²) in [6.45, 7) is -0.819. The molecule has 0 saturated heterocycles. The van der Waals surface area contributed by atoms with Gasteiger partial charge in [0.05, 0.1) is 13.1 Å². The van der Waals surface area contributed by atoms with Gasteiger partial charge >= 0.3 is 6.01 Å². The van der Waals surface area contributed by atoms with E-state index in [4.69, 9.17) is 16.3 Å². The predicted octanol–water partition coefficient (Wildman–Crippen LogP) is 5.37. The molecule has 0 aliphatic carbocycles. The fraction of sp³-hybridized carbons (Fsp3) is 0.286. The molecule has 14 heteroatoms. The van der Waals surface area contributed by atoms with E-state index in [1.807, 2.05) is 0 Å². The smallest absolute Gasteiger partial charge is 0.321 e. The van der Waals surface area contributed by atoms with Crippen molar-refractivity contribution in [1.82, 2.24) is 29.5 Å². The van der Waals surface area contributed by atoms with Gasteiger partial charge in [-0.3, -0.25) is 0 Å². The predicted molar refractivity (Wildman–Crippen MR) is 107 cm³/mol. The van der Waals surface area contributed by atoms with Gasteiger partial charge < -0.3 is 4.74 Å². The van der Waals surface area contributed by atoms with Crippen molar-refractivity contribution in [3.63, 3.8) is 0 Å². The lowest BCUT2D eigenvalue weighted by atomic mass is 10.3. The molecular formula is C14H11Br3ClF3N6O. The van der Waals surface area contributed by atoms with Gasteiger partial charge in [0.15, 0.2) is 4.73 Å². The van der Waals surface area contributed by atoms with Crippen LogP contribution >= 0.6 is 59.4 Å². The third-order valence-corrected chi connectivity index (χ3v) is 4.33. The van der Waals surface area contributed by atoms with E-state index in [2.05, 4.69) is 68.0 Å². The van der Waals surface area contributed by atoms with E-state index >= 15 is 0 Å². The number of aryl methyl sites for hydroxylation is 2. The zero-order valence-corrected chi connectivity index (χ0v) is 19.3. The Morgan fingerprint density at radius 1 is 0.929 bits per heavy atom. The third-order valence-electron chi connectivity index (χ3n) is 2.85. The number of hydrogen-bond acceptors (Lipinski definition) is 5. The number of hydrogen-bond donors (Lipinski definition) is 0. The molecule has 0 aliphatic rings. The van der Waals surface area contributed by atoms with E-state index in [0.717, 1.165) is 12.1 Å². The van der Waals surface area contributed by atoms with Gasteiger partial charge in [-0.05, 0) is 59.9 Å². The number of halogens is 7. The molecule has 152 valence electrons. The molecule has 0 bridgehead atoms. The van der Waals surface area contributed by atoms with Crippen LogP contribution in [0.1, 0.15) is 0 Å². The minimum Gasteiger partial charge on any atom is -0.424 e. The highest BCUT2D eigenvalue weighted by Crippen LogP contribution is 2.25. The molecule has 3 rings (SSSR count). The Morgan fingerprint density at radius 3 is 2.11 bits per heavy atom. The van der Waals surface area contributed by atoms with Gasteiger partial charge in [0.1, 0.15) is 24.9 Å². The summed E-state index contributed by atoms with van der Waals surface area (Å²) >= 11 is 14.9. The zero-order valence-electron chi connectivity index (χ0n) is 13.8. The second-order valence-corrected chi connectivity index (χ2v) is 7.41.